The average molecular weight is 419 g/mol. The Morgan fingerprint density at radius 1 is 0.548 bits per heavy atom. The van der Waals surface area contributed by atoms with Crippen molar-refractivity contribution in [1.82, 2.24) is 0 Å². The van der Waals surface area contributed by atoms with E-state index in [1.807, 2.05) is 79.0 Å². The SMILES string of the molecule is Clc1c2ccccc2c(C=NN=C(c2ccccc2)c2ccccc2)c2ccccc12. The quantitative estimate of drug-likeness (QED) is 0.164. The fourth-order valence-electron chi connectivity index (χ4n) is 3.87. The van der Waals surface area contributed by atoms with Crippen LogP contribution in [0.15, 0.2) is 119 Å². The first-order valence-corrected chi connectivity index (χ1v) is 10.5. The Hall–Kier alpha value is -3.75. The molecule has 5 aromatic carbocycles. The Morgan fingerprint density at radius 2 is 0.968 bits per heavy atom. The fourth-order valence-corrected chi connectivity index (χ4v) is 4.20. The van der Waals surface area contributed by atoms with Crippen molar-refractivity contribution in [3.63, 3.8) is 0 Å². The van der Waals surface area contributed by atoms with Gasteiger partial charge in [-0.15, -0.1) is 5.10 Å². The molecule has 0 amide bonds. The summed E-state index contributed by atoms with van der Waals surface area (Å²) in [6.07, 6.45) is 1.84. The monoisotopic (exact) mass is 418 g/mol. The minimum Gasteiger partial charge on any atom is -0.158 e. The van der Waals surface area contributed by atoms with Crippen molar-refractivity contribution >= 4 is 45.1 Å². The van der Waals surface area contributed by atoms with Crippen LogP contribution < -0.4 is 0 Å². The van der Waals surface area contributed by atoms with Gasteiger partial charge in [-0.3, -0.25) is 0 Å². The third-order valence-electron chi connectivity index (χ3n) is 5.35. The van der Waals surface area contributed by atoms with E-state index in [4.69, 9.17) is 11.6 Å². The van der Waals surface area contributed by atoms with E-state index in [1.54, 1.807) is 0 Å². The van der Waals surface area contributed by atoms with Gasteiger partial charge >= 0.3 is 0 Å². The van der Waals surface area contributed by atoms with Crippen LogP contribution in [0.1, 0.15) is 16.7 Å². The van der Waals surface area contributed by atoms with E-state index in [0.717, 1.165) is 49.0 Å². The molecular weight excluding hydrogens is 400 g/mol. The summed E-state index contributed by atoms with van der Waals surface area (Å²) in [5.74, 6) is 0. The summed E-state index contributed by atoms with van der Waals surface area (Å²) < 4.78 is 0. The van der Waals surface area contributed by atoms with Crippen LogP contribution in [0.3, 0.4) is 0 Å². The highest BCUT2D eigenvalue weighted by Crippen LogP contribution is 2.35. The van der Waals surface area contributed by atoms with Crippen molar-refractivity contribution < 1.29 is 0 Å². The van der Waals surface area contributed by atoms with Crippen LogP contribution >= 0.6 is 11.6 Å². The van der Waals surface area contributed by atoms with Crippen LogP contribution in [-0.2, 0) is 0 Å². The summed E-state index contributed by atoms with van der Waals surface area (Å²) in [5.41, 5.74) is 3.90. The van der Waals surface area contributed by atoms with Crippen LogP contribution in [0.25, 0.3) is 21.5 Å². The van der Waals surface area contributed by atoms with Gasteiger partial charge in [0.15, 0.2) is 0 Å². The maximum atomic E-state index is 6.72. The average Bonchev–Trinajstić information content (AvgIpc) is 2.85. The zero-order valence-corrected chi connectivity index (χ0v) is 17.5. The summed E-state index contributed by atoms with van der Waals surface area (Å²) in [4.78, 5) is 0. The van der Waals surface area contributed by atoms with Crippen molar-refractivity contribution in [2.45, 2.75) is 0 Å². The first-order valence-electron chi connectivity index (χ1n) is 10.1. The molecule has 0 bridgehead atoms. The van der Waals surface area contributed by atoms with Gasteiger partial charge in [0.25, 0.3) is 0 Å². The lowest BCUT2D eigenvalue weighted by Crippen LogP contribution is -2.02. The molecule has 0 heterocycles. The predicted molar refractivity (Wildman–Crippen MR) is 133 cm³/mol. The first kappa shape index (κ1) is 19.2. The fraction of sp³-hybridized carbons (Fsp3) is 0. The van der Waals surface area contributed by atoms with Gasteiger partial charge < -0.3 is 0 Å². The van der Waals surface area contributed by atoms with Crippen molar-refractivity contribution in [1.29, 1.82) is 0 Å². The molecule has 0 aliphatic rings. The molecular formula is C28H19ClN2. The van der Waals surface area contributed by atoms with Gasteiger partial charge in [-0.2, -0.15) is 5.10 Å². The highest BCUT2D eigenvalue weighted by Gasteiger charge is 2.11. The molecule has 3 heteroatoms. The molecule has 0 aliphatic carbocycles. The highest BCUT2D eigenvalue weighted by molar-refractivity contribution is 6.42. The van der Waals surface area contributed by atoms with E-state index in [0.29, 0.717) is 0 Å². The van der Waals surface area contributed by atoms with Gasteiger partial charge in [0, 0.05) is 27.5 Å². The second-order valence-corrected chi connectivity index (χ2v) is 7.62. The number of nitrogens with zero attached hydrogens (tertiary/aromatic N) is 2. The first-order chi connectivity index (χ1) is 15.3. The topological polar surface area (TPSA) is 24.7 Å². The summed E-state index contributed by atoms with van der Waals surface area (Å²) in [6.45, 7) is 0. The zero-order valence-electron chi connectivity index (χ0n) is 16.7. The van der Waals surface area contributed by atoms with E-state index in [2.05, 4.69) is 46.6 Å². The molecule has 5 aromatic rings. The molecule has 0 fully saturated rings. The number of rotatable bonds is 4. The van der Waals surface area contributed by atoms with E-state index in [1.165, 1.54) is 0 Å². The lowest BCUT2D eigenvalue weighted by atomic mass is 9.97. The third kappa shape index (κ3) is 3.74. The van der Waals surface area contributed by atoms with Crippen molar-refractivity contribution in [3.8, 4) is 0 Å². The van der Waals surface area contributed by atoms with Gasteiger partial charge in [0.2, 0.25) is 0 Å². The van der Waals surface area contributed by atoms with Crippen LogP contribution in [0.2, 0.25) is 5.02 Å². The minimum atomic E-state index is 0.765. The molecule has 31 heavy (non-hydrogen) atoms. The number of halogens is 1. The normalized spacial score (nSPS) is 11.3. The van der Waals surface area contributed by atoms with Crippen LogP contribution in [0, 0.1) is 0 Å². The molecule has 0 saturated carbocycles. The Balaban J connectivity index is 1.69. The van der Waals surface area contributed by atoms with Gasteiger partial charge in [0.1, 0.15) is 5.71 Å². The molecule has 0 saturated heterocycles. The molecule has 2 nitrogen and oxygen atoms in total. The third-order valence-corrected chi connectivity index (χ3v) is 5.75. The Kier molecular flexibility index (Phi) is 5.30. The summed E-state index contributed by atoms with van der Waals surface area (Å²) >= 11 is 6.72. The van der Waals surface area contributed by atoms with Gasteiger partial charge in [-0.25, -0.2) is 0 Å². The molecule has 0 atom stereocenters. The second-order valence-electron chi connectivity index (χ2n) is 7.24. The molecule has 0 aliphatic heterocycles. The second kappa shape index (κ2) is 8.55. The summed E-state index contributed by atoms with van der Waals surface area (Å²) in [7, 11) is 0. The molecule has 148 valence electrons. The van der Waals surface area contributed by atoms with Crippen molar-refractivity contribution in [2.24, 2.45) is 10.2 Å². The van der Waals surface area contributed by atoms with Gasteiger partial charge in [0.05, 0.1) is 11.2 Å². The number of hydrogen-bond acceptors (Lipinski definition) is 2. The molecule has 0 radical (unpaired) electrons. The largest absolute Gasteiger partial charge is 0.158 e. The molecule has 0 aromatic heterocycles. The molecule has 5 rings (SSSR count). The summed E-state index contributed by atoms with van der Waals surface area (Å²) in [6, 6.07) is 36.5. The van der Waals surface area contributed by atoms with E-state index in [9.17, 15) is 0 Å². The zero-order chi connectivity index (χ0) is 21.0. The minimum absolute atomic E-state index is 0.765. The van der Waals surface area contributed by atoms with E-state index in [-0.39, 0.29) is 0 Å². The maximum absolute atomic E-state index is 6.72. The Morgan fingerprint density at radius 3 is 1.45 bits per heavy atom. The van der Waals surface area contributed by atoms with E-state index >= 15 is 0 Å². The molecule has 0 spiro atoms. The van der Waals surface area contributed by atoms with Gasteiger partial charge in [-0.1, -0.05) is 121 Å². The lowest BCUT2D eigenvalue weighted by molar-refractivity contribution is 1.24. The Labute approximate surface area is 186 Å². The molecule has 0 N–H and O–H groups in total. The van der Waals surface area contributed by atoms with Gasteiger partial charge in [-0.05, 0) is 10.8 Å². The van der Waals surface area contributed by atoms with E-state index < -0.39 is 0 Å². The summed E-state index contributed by atoms with van der Waals surface area (Å²) in [5, 5.41) is 14.1. The van der Waals surface area contributed by atoms with Crippen LogP contribution in [-0.4, -0.2) is 11.9 Å². The molecule has 0 unspecified atom stereocenters. The number of fused-ring (bicyclic) bond motifs is 2. The van der Waals surface area contributed by atoms with Crippen molar-refractivity contribution in [3.05, 3.63) is 131 Å². The number of hydrogen-bond donors (Lipinski definition) is 0. The number of benzene rings is 5. The highest BCUT2D eigenvalue weighted by atomic mass is 35.5. The maximum Gasteiger partial charge on any atom is 0.100 e. The standard InChI is InChI=1S/C28H19ClN2/c29-27-24-17-9-7-15-22(24)26(23-16-8-10-18-25(23)27)19-30-31-28(20-11-3-1-4-12-20)21-13-5-2-6-14-21/h1-19H. The predicted octanol–water partition coefficient (Wildman–Crippen LogP) is 7.52. The van der Waals surface area contributed by atoms with Crippen LogP contribution in [0.5, 0.6) is 0 Å². The Bertz CT molecular complexity index is 1320. The van der Waals surface area contributed by atoms with Crippen molar-refractivity contribution in [2.75, 3.05) is 0 Å². The smallest absolute Gasteiger partial charge is 0.100 e. The lowest BCUT2D eigenvalue weighted by Gasteiger charge is -2.10. The van der Waals surface area contributed by atoms with Crippen LogP contribution in [0.4, 0.5) is 0 Å².